The second kappa shape index (κ2) is 8.74. The molecule has 1 unspecified atom stereocenters. The summed E-state index contributed by atoms with van der Waals surface area (Å²) in [6, 6.07) is -0.982. The topological polar surface area (TPSA) is 96.8 Å². The Labute approximate surface area is 190 Å². The maximum absolute atomic E-state index is 13.8. The number of aromatic nitrogens is 2. The fraction of sp³-hybridized carbons (Fsp3) is 0.316. The third kappa shape index (κ3) is 5.46. The molecule has 0 saturated carbocycles. The minimum absolute atomic E-state index is 0.141. The number of amides is 2. The molecule has 0 bridgehead atoms. The Hall–Kier alpha value is -3.85. The zero-order valence-electron chi connectivity index (χ0n) is 17.5. The molecule has 2 amide bonds. The molecule has 35 heavy (non-hydrogen) atoms. The zero-order valence-corrected chi connectivity index (χ0v) is 17.5. The van der Waals surface area contributed by atoms with Gasteiger partial charge in [0.05, 0.1) is 22.9 Å². The van der Waals surface area contributed by atoms with Gasteiger partial charge in [0.25, 0.3) is 11.8 Å². The van der Waals surface area contributed by atoms with Gasteiger partial charge >= 0.3 is 24.4 Å². The molecule has 1 aromatic carbocycles. The van der Waals surface area contributed by atoms with E-state index < -0.39 is 64.6 Å². The number of hydrogen-bond donors (Lipinski definition) is 1. The van der Waals surface area contributed by atoms with Gasteiger partial charge in [-0.2, -0.15) is 35.1 Å². The summed E-state index contributed by atoms with van der Waals surface area (Å²) in [5.74, 6) is -3.99. The van der Waals surface area contributed by atoms with Gasteiger partial charge < -0.3 is 10.1 Å². The van der Waals surface area contributed by atoms with Gasteiger partial charge in [0.15, 0.2) is 5.69 Å². The predicted octanol–water partition coefficient (Wildman–Crippen LogP) is 3.75. The zero-order chi connectivity index (χ0) is 26.3. The van der Waals surface area contributed by atoms with Crippen LogP contribution in [-0.4, -0.2) is 45.8 Å². The van der Waals surface area contributed by atoms with Crippen LogP contribution in [0, 0.1) is 0 Å². The summed E-state index contributed by atoms with van der Waals surface area (Å²) in [5.41, 5.74) is -5.11. The second-order valence-corrected chi connectivity index (χ2v) is 7.13. The highest BCUT2D eigenvalue weighted by atomic mass is 19.4. The Balaban J connectivity index is 1.95. The van der Waals surface area contributed by atoms with E-state index in [1.54, 1.807) is 0 Å². The van der Waals surface area contributed by atoms with Gasteiger partial charge in [0.1, 0.15) is 0 Å². The lowest BCUT2D eigenvalue weighted by Gasteiger charge is -2.27. The molecule has 1 aromatic heterocycles. The van der Waals surface area contributed by atoms with Crippen molar-refractivity contribution in [3.05, 3.63) is 58.7 Å². The Morgan fingerprint density at radius 3 is 2.09 bits per heavy atom. The number of benzene rings is 1. The van der Waals surface area contributed by atoms with E-state index in [9.17, 15) is 44.7 Å². The molecule has 2 aromatic rings. The molecule has 0 spiro atoms. The van der Waals surface area contributed by atoms with E-state index in [0.29, 0.717) is 0 Å². The summed E-state index contributed by atoms with van der Waals surface area (Å²) >= 11 is 0. The smallest absolute Gasteiger partial charge is 0.403 e. The molecule has 8 nitrogen and oxygen atoms in total. The number of carbonyl (C=O) groups is 2. The minimum atomic E-state index is -5.18. The lowest BCUT2D eigenvalue weighted by molar-refractivity contribution is -0.213. The number of rotatable bonds is 4. The molecule has 1 N–H and O–H groups in total. The van der Waals surface area contributed by atoms with Crippen LogP contribution in [0.2, 0.25) is 0 Å². The van der Waals surface area contributed by atoms with Crippen molar-refractivity contribution in [2.24, 2.45) is 5.10 Å². The first-order chi connectivity index (χ1) is 16.0. The van der Waals surface area contributed by atoms with E-state index in [1.165, 1.54) is 6.92 Å². The van der Waals surface area contributed by atoms with Crippen LogP contribution in [0.3, 0.4) is 0 Å². The molecule has 0 fully saturated rings. The van der Waals surface area contributed by atoms with Gasteiger partial charge in [-0.1, -0.05) is 0 Å². The van der Waals surface area contributed by atoms with Gasteiger partial charge in [-0.25, -0.2) is 9.99 Å². The largest absolute Gasteiger partial charge is 0.485 e. The van der Waals surface area contributed by atoms with Crippen LogP contribution in [0.15, 0.2) is 35.7 Å². The average Bonchev–Trinajstić information content (AvgIpc) is 2.75. The lowest BCUT2D eigenvalue weighted by atomic mass is 10.0. The fourth-order valence-electron chi connectivity index (χ4n) is 2.92. The SMILES string of the molecule is CC(NC(=O)c1cc(C(F)(F)F)cc(C(F)(F)F)c1)c1nccnc1C1=NN(C)C(=O)C(F)(F)O1. The van der Waals surface area contributed by atoms with E-state index >= 15 is 0 Å². The third-order valence-corrected chi connectivity index (χ3v) is 4.55. The molecule has 3 rings (SSSR count). The number of hydrogen-bond acceptors (Lipinski definition) is 6. The molecule has 0 saturated heterocycles. The van der Waals surface area contributed by atoms with Gasteiger partial charge in [0, 0.05) is 25.0 Å². The first-order valence-corrected chi connectivity index (χ1v) is 9.36. The van der Waals surface area contributed by atoms with E-state index in [-0.39, 0.29) is 28.9 Å². The summed E-state index contributed by atoms with van der Waals surface area (Å²) in [5, 5.41) is 5.93. The lowest BCUT2D eigenvalue weighted by Crippen LogP contribution is -2.47. The molecule has 1 aliphatic heterocycles. The number of likely N-dealkylation sites (N-methyl/N-ethyl adjacent to an activating group) is 1. The molecule has 2 heterocycles. The second-order valence-electron chi connectivity index (χ2n) is 7.13. The molecular weight excluding hydrogens is 498 g/mol. The van der Waals surface area contributed by atoms with Gasteiger partial charge in [0.2, 0.25) is 0 Å². The van der Waals surface area contributed by atoms with Crippen LogP contribution in [0.25, 0.3) is 0 Å². The van der Waals surface area contributed by atoms with Crippen LogP contribution >= 0.6 is 0 Å². The van der Waals surface area contributed by atoms with E-state index in [1.807, 2.05) is 0 Å². The van der Waals surface area contributed by atoms with Crippen molar-refractivity contribution < 1.29 is 49.4 Å². The van der Waals surface area contributed by atoms with E-state index in [0.717, 1.165) is 19.4 Å². The van der Waals surface area contributed by atoms with Gasteiger partial charge in [-0.05, 0) is 25.1 Å². The maximum atomic E-state index is 13.8. The normalized spacial score (nSPS) is 16.9. The molecular formula is C19H13F8N5O3. The summed E-state index contributed by atoms with van der Waals surface area (Å²) < 4.78 is 110. The highest BCUT2D eigenvalue weighted by Crippen LogP contribution is 2.36. The van der Waals surface area contributed by atoms with Crippen molar-refractivity contribution in [2.75, 3.05) is 7.05 Å². The summed E-state index contributed by atoms with van der Waals surface area (Å²) in [6.07, 6.45) is -12.5. The van der Waals surface area contributed by atoms with Crippen LogP contribution in [-0.2, 0) is 21.9 Å². The summed E-state index contributed by atoms with van der Waals surface area (Å²) in [4.78, 5) is 31.6. The molecule has 0 aliphatic carbocycles. The van der Waals surface area contributed by atoms with Crippen LogP contribution < -0.4 is 5.32 Å². The molecule has 0 radical (unpaired) electrons. The molecule has 1 aliphatic rings. The van der Waals surface area contributed by atoms with Crippen molar-refractivity contribution in [1.29, 1.82) is 0 Å². The number of hydrazone groups is 1. The highest BCUT2D eigenvalue weighted by Gasteiger charge is 2.50. The Morgan fingerprint density at radius 1 is 1.03 bits per heavy atom. The average molecular weight is 511 g/mol. The number of ether oxygens (including phenoxy) is 1. The van der Waals surface area contributed by atoms with Crippen molar-refractivity contribution >= 4 is 17.7 Å². The quantitative estimate of drug-likeness (QED) is 0.631. The Morgan fingerprint density at radius 2 is 1.57 bits per heavy atom. The number of halogens is 8. The standard InChI is InChI=1S/C19H13F8N5O3/c1-8(12-13(29-4-3-28-12)15-31-32(2)16(34)19(26,27)35-15)30-14(33)9-5-10(17(20,21)22)7-11(6-9)18(23,24)25/h3-8H,1-2H3,(H,30,33). The number of nitrogens with one attached hydrogen (secondary N) is 1. The Kier molecular flexibility index (Phi) is 6.43. The van der Waals surface area contributed by atoms with Gasteiger partial charge in [-0.3, -0.25) is 14.6 Å². The van der Waals surface area contributed by atoms with E-state index in [4.69, 9.17) is 0 Å². The fourth-order valence-corrected chi connectivity index (χ4v) is 2.92. The van der Waals surface area contributed by atoms with Crippen LogP contribution in [0.5, 0.6) is 0 Å². The summed E-state index contributed by atoms with van der Waals surface area (Å²) in [6.45, 7) is 1.21. The van der Waals surface area contributed by atoms with Crippen molar-refractivity contribution in [1.82, 2.24) is 20.3 Å². The molecule has 16 heteroatoms. The summed E-state index contributed by atoms with van der Waals surface area (Å²) in [7, 11) is 0.909. The van der Waals surface area contributed by atoms with Crippen molar-refractivity contribution in [3.8, 4) is 0 Å². The molecule has 1 atom stereocenters. The highest BCUT2D eigenvalue weighted by molar-refractivity contribution is 5.99. The number of nitrogens with zero attached hydrogens (tertiary/aromatic N) is 4. The monoisotopic (exact) mass is 511 g/mol. The van der Waals surface area contributed by atoms with Crippen LogP contribution in [0.1, 0.15) is 45.8 Å². The van der Waals surface area contributed by atoms with Crippen molar-refractivity contribution in [2.45, 2.75) is 31.4 Å². The van der Waals surface area contributed by atoms with Crippen molar-refractivity contribution in [3.63, 3.8) is 0 Å². The molecule has 188 valence electrons. The maximum Gasteiger partial charge on any atom is 0.485 e. The third-order valence-electron chi connectivity index (χ3n) is 4.55. The Bertz CT molecular complexity index is 1160. The first-order valence-electron chi connectivity index (χ1n) is 9.36. The number of carbonyl (C=O) groups excluding carboxylic acids is 2. The minimum Gasteiger partial charge on any atom is -0.403 e. The predicted molar refractivity (Wildman–Crippen MR) is 99.7 cm³/mol. The van der Waals surface area contributed by atoms with Crippen LogP contribution in [0.4, 0.5) is 35.1 Å². The number of alkyl halides is 8. The van der Waals surface area contributed by atoms with E-state index in [2.05, 4.69) is 25.1 Å². The van der Waals surface area contributed by atoms with Gasteiger partial charge in [-0.15, -0.1) is 5.10 Å². The first kappa shape index (κ1) is 25.8.